The molecule has 0 spiro atoms. The van der Waals surface area contributed by atoms with Crippen LogP contribution in [0.2, 0.25) is 23.2 Å². The molecule has 2 aliphatic carbocycles. The summed E-state index contributed by atoms with van der Waals surface area (Å²) in [7, 11) is 3.71. The van der Waals surface area contributed by atoms with Gasteiger partial charge in [-0.3, -0.25) is 0 Å². The van der Waals surface area contributed by atoms with E-state index in [-0.39, 0.29) is 0 Å². The van der Waals surface area contributed by atoms with Gasteiger partial charge < -0.3 is 17.7 Å². The molecule has 2 rings (SSSR count). The lowest BCUT2D eigenvalue weighted by Crippen LogP contribution is -2.50. The average molecular weight is 447 g/mol. The van der Waals surface area contributed by atoms with Gasteiger partial charge in [-0.2, -0.15) is 0 Å². The van der Waals surface area contributed by atoms with Crippen LogP contribution < -0.4 is 0 Å². The van der Waals surface area contributed by atoms with Gasteiger partial charge in [-0.1, -0.05) is 71.6 Å². The van der Waals surface area contributed by atoms with Gasteiger partial charge in [0.05, 0.1) is 0 Å². The molecule has 0 unspecified atom stereocenters. The zero-order valence-corrected chi connectivity index (χ0v) is 22.4. The van der Waals surface area contributed by atoms with Gasteiger partial charge >= 0.3 is 17.1 Å². The standard InChI is InChI=1S/C14H28O2Si.C9H22O2Si/c1-15-17(16-2,13-9-5-3-6-10-13)14-11-7-4-8-12-14;1-5-7-9-12(10-3,11-4)8-6-2/h13-14H,3-12H2,1-2H3;5-9H2,1-4H3. The van der Waals surface area contributed by atoms with E-state index in [1.54, 1.807) is 14.2 Å². The maximum absolute atomic E-state index is 6.08. The summed E-state index contributed by atoms with van der Waals surface area (Å²) in [6, 6.07) is 2.27. The second-order valence-corrected chi connectivity index (χ2v) is 16.5. The topological polar surface area (TPSA) is 36.9 Å². The van der Waals surface area contributed by atoms with Crippen LogP contribution in [-0.2, 0) is 17.7 Å². The molecule has 6 heteroatoms. The Bertz CT molecular complexity index is 368. The minimum absolute atomic E-state index is 0.759. The molecule has 29 heavy (non-hydrogen) atoms. The number of hydrogen-bond donors (Lipinski definition) is 0. The van der Waals surface area contributed by atoms with Crippen molar-refractivity contribution in [2.24, 2.45) is 0 Å². The van der Waals surface area contributed by atoms with Crippen LogP contribution in [0.15, 0.2) is 0 Å². The molecule has 0 N–H and O–H groups in total. The van der Waals surface area contributed by atoms with Gasteiger partial charge in [0.25, 0.3) is 0 Å². The van der Waals surface area contributed by atoms with Crippen LogP contribution in [0.1, 0.15) is 97.3 Å². The van der Waals surface area contributed by atoms with Crippen LogP contribution in [0.25, 0.3) is 0 Å². The van der Waals surface area contributed by atoms with Gasteiger partial charge in [-0.05, 0) is 37.8 Å². The van der Waals surface area contributed by atoms with E-state index in [1.165, 1.54) is 77.0 Å². The maximum Gasteiger partial charge on any atom is 0.344 e. The molecule has 0 atom stereocenters. The number of rotatable bonds is 11. The van der Waals surface area contributed by atoms with E-state index in [9.17, 15) is 0 Å². The highest BCUT2D eigenvalue weighted by molar-refractivity contribution is 6.70. The van der Waals surface area contributed by atoms with E-state index >= 15 is 0 Å². The first-order valence-electron chi connectivity index (χ1n) is 12.3. The summed E-state index contributed by atoms with van der Waals surface area (Å²) < 4.78 is 23.3. The van der Waals surface area contributed by atoms with Crippen molar-refractivity contribution in [1.29, 1.82) is 0 Å². The third-order valence-electron chi connectivity index (χ3n) is 7.27. The lowest BCUT2D eigenvalue weighted by atomic mass is 9.99. The zero-order valence-electron chi connectivity index (χ0n) is 20.4. The minimum Gasteiger partial charge on any atom is -0.398 e. The first kappa shape index (κ1) is 27.3. The first-order chi connectivity index (χ1) is 14.1. The molecule has 0 aromatic rings. The Morgan fingerprint density at radius 1 is 0.586 bits per heavy atom. The Morgan fingerprint density at radius 3 is 1.34 bits per heavy atom. The van der Waals surface area contributed by atoms with Crippen LogP contribution in [0.4, 0.5) is 0 Å². The normalized spacial score (nSPS) is 19.7. The fourth-order valence-electron chi connectivity index (χ4n) is 5.54. The molecule has 0 aromatic carbocycles. The van der Waals surface area contributed by atoms with Gasteiger partial charge in [0.15, 0.2) is 0 Å². The first-order valence-corrected chi connectivity index (χ1v) is 16.5. The lowest BCUT2D eigenvalue weighted by Gasteiger charge is -2.43. The number of hydrogen-bond acceptors (Lipinski definition) is 4. The van der Waals surface area contributed by atoms with E-state index < -0.39 is 17.1 Å². The average Bonchev–Trinajstić information content (AvgIpc) is 2.80. The molecular weight excluding hydrogens is 396 g/mol. The molecule has 0 amide bonds. The fraction of sp³-hybridized carbons (Fsp3) is 1.00. The third kappa shape index (κ3) is 8.04. The highest BCUT2D eigenvalue weighted by Crippen LogP contribution is 2.48. The molecule has 2 saturated carbocycles. The largest absolute Gasteiger partial charge is 0.398 e. The highest BCUT2D eigenvalue weighted by Gasteiger charge is 2.51. The highest BCUT2D eigenvalue weighted by atomic mass is 28.4. The van der Waals surface area contributed by atoms with Crippen molar-refractivity contribution in [2.75, 3.05) is 28.4 Å². The van der Waals surface area contributed by atoms with E-state index in [4.69, 9.17) is 17.7 Å². The fourth-order valence-corrected chi connectivity index (χ4v) is 13.0. The minimum atomic E-state index is -1.94. The molecular formula is C23H50O4Si2. The molecule has 174 valence electrons. The van der Waals surface area contributed by atoms with Gasteiger partial charge in [0.2, 0.25) is 0 Å². The number of unbranched alkanes of at least 4 members (excludes halogenated alkanes) is 1. The molecule has 0 bridgehead atoms. The molecule has 0 aromatic heterocycles. The molecule has 0 aliphatic heterocycles. The molecule has 2 fully saturated rings. The zero-order chi connectivity index (χ0) is 21.6. The molecule has 0 radical (unpaired) electrons. The smallest absolute Gasteiger partial charge is 0.344 e. The van der Waals surface area contributed by atoms with Crippen LogP contribution in [-0.4, -0.2) is 45.6 Å². The second kappa shape index (κ2) is 15.1. The summed E-state index contributed by atoms with van der Waals surface area (Å²) in [5.74, 6) is 0. The quantitative estimate of drug-likeness (QED) is 0.311. The monoisotopic (exact) mass is 446 g/mol. The molecule has 0 saturated heterocycles. The summed E-state index contributed by atoms with van der Waals surface area (Å²) in [5, 5.41) is 0. The molecule has 0 heterocycles. The summed E-state index contributed by atoms with van der Waals surface area (Å²) >= 11 is 0. The maximum atomic E-state index is 6.08. The van der Waals surface area contributed by atoms with E-state index in [1.807, 2.05) is 14.2 Å². The summed E-state index contributed by atoms with van der Waals surface area (Å²) in [4.78, 5) is 0. The molecule has 4 nitrogen and oxygen atoms in total. The van der Waals surface area contributed by atoms with Crippen molar-refractivity contribution in [3.63, 3.8) is 0 Å². The predicted molar refractivity (Wildman–Crippen MR) is 128 cm³/mol. The van der Waals surface area contributed by atoms with Crippen LogP contribution in [0.5, 0.6) is 0 Å². The predicted octanol–water partition coefficient (Wildman–Crippen LogP) is 7.32. The SMILES string of the molecule is CCCC[Si](CCC)(OC)OC.CO[Si](OC)(C1CCCCC1)C1CCCCC1. The summed E-state index contributed by atoms with van der Waals surface area (Å²) in [5.41, 5.74) is 1.52. The van der Waals surface area contributed by atoms with Gasteiger partial charge in [0.1, 0.15) is 0 Å². The van der Waals surface area contributed by atoms with Gasteiger partial charge in [-0.15, -0.1) is 0 Å². The lowest BCUT2D eigenvalue weighted by molar-refractivity contribution is 0.193. The van der Waals surface area contributed by atoms with E-state index in [2.05, 4.69) is 13.8 Å². The van der Waals surface area contributed by atoms with Crippen molar-refractivity contribution >= 4 is 17.1 Å². The van der Waals surface area contributed by atoms with Gasteiger partial charge in [-0.25, -0.2) is 0 Å². The Kier molecular flexibility index (Phi) is 14.3. The van der Waals surface area contributed by atoms with Crippen molar-refractivity contribution in [1.82, 2.24) is 0 Å². The van der Waals surface area contributed by atoms with Gasteiger partial charge in [0, 0.05) is 39.5 Å². The van der Waals surface area contributed by atoms with Crippen LogP contribution in [0, 0.1) is 0 Å². The Hall–Kier alpha value is 0.274. The Labute approximate surface area is 183 Å². The third-order valence-corrected chi connectivity index (χ3v) is 15.8. The Balaban J connectivity index is 0.000000311. The Morgan fingerprint density at radius 2 is 1.03 bits per heavy atom. The van der Waals surface area contributed by atoms with E-state index in [0.29, 0.717) is 0 Å². The summed E-state index contributed by atoms with van der Waals surface area (Å²) in [6.07, 6.45) is 17.4. The molecule has 2 aliphatic rings. The summed E-state index contributed by atoms with van der Waals surface area (Å²) in [6.45, 7) is 4.39. The van der Waals surface area contributed by atoms with E-state index in [0.717, 1.165) is 29.6 Å². The van der Waals surface area contributed by atoms with Crippen molar-refractivity contribution in [3.8, 4) is 0 Å². The van der Waals surface area contributed by atoms with Crippen molar-refractivity contribution in [3.05, 3.63) is 0 Å². The van der Waals surface area contributed by atoms with Crippen LogP contribution >= 0.6 is 0 Å². The van der Waals surface area contributed by atoms with Crippen LogP contribution in [0.3, 0.4) is 0 Å². The van der Waals surface area contributed by atoms with Crippen molar-refractivity contribution in [2.45, 2.75) is 120 Å². The van der Waals surface area contributed by atoms with Crippen molar-refractivity contribution < 1.29 is 17.7 Å². The second-order valence-electron chi connectivity index (χ2n) is 8.97.